The van der Waals surface area contributed by atoms with Crippen molar-refractivity contribution in [2.24, 2.45) is 17.8 Å². The summed E-state index contributed by atoms with van der Waals surface area (Å²) >= 11 is 0. The summed E-state index contributed by atoms with van der Waals surface area (Å²) in [5.41, 5.74) is 0. The molecule has 2 saturated carbocycles. The normalized spacial score (nSPS) is 21.0. The predicted molar refractivity (Wildman–Crippen MR) is 68.2 cm³/mol. The van der Waals surface area contributed by atoms with Gasteiger partial charge in [0.25, 0.3) is 0 Å². The molecule has 2 N–H and O–H groups in total. The van der Waals surface area contributed by atoms with E-state index in [-0.39, 0.29) is 11.9 Å². The van der Waals surface area contributed by atoms with Gasteiger partial charge in [-0.3, -0.25) is 4.79 Å². The molecule has 1 unspecified atom stereocenters. The van der Waals surface area contributed by atoms with Crippen LogP contribution in [0.3, 0.4) is 0 Å². The second kappa shape index (κ2) is 5.55. The first-order valence-corrected chi connectivity index (χ1v) is 6.67. The van der Waals surface area contributed by atoms with Crippen LogP contribution in [0.1, 0.15) is 32.6 Å². The van der Waals surface area contributed by atoms with Gasteiger partial charge in [-0.1, -0.05) is 5.92 Å². The first-order valence-electron chi connectivity index (χ1n) is 6.67. The molecule has 17 heavy (non-hydrogen) atoms. The third-order valence-corrected chi connectivity index (χ3v) is 3.87. The minimum atomic E-state index is -0.136. The van der Waals surface area contributed by atoms with Crippen LogP contribution >= 0.6 is 0 Å². The number of terminal acetylenes is 1. The molecule has 0 aromatic carbocycles. The summed E-state index contributed by atoms with van der Waals surface area (Å²) in [7, 11) is 0. The van der Waals surface area contributed by atoms with E-state index in [1.54, 1.807) is 0 Å². The number of carbonyl (C=O) groups excluding carboxylic acids is 1. The van der Waals surface area contributed by atoms with Gasteiger partial charge >= 0.3 is 0 Å². The molecular formula is C14H22N2O. The van der Waals surface area contributed by atoms with Gasteiger partial charge in [-0.25, -0.2) is 0 Å². The first kappa shape index (κ1) is 12.4. The molecule has 0 heterocycles. The second-order valence-corrected chi connectivity index (χ2v) is 5.39. The Labute approximate surface area is 104 Å². The minimum absolute atomic E-state index is 0.00768. The molecule has 0 aliphatic heterocycles. The van der Waals surface area contributed by atoms with Crippen molar-refractivity contribution in [1.82, 2.24) is 10.6 Å². The third kappa shape index (κ3) is 3.74. The van der Waals surface area contributed by atoms with Gasteiger partial charge < -0.3 is 10.6 Å². The quantitative estimate of drug-likeness (QED) is 0.649. The van der Waals surface area contributed by atoms with E-state index in [4.69, 9.17) is 6.42 Å². The number of hydrogen-bond acceptors (Lipinski definition) is 2. The van der Waals surface area contributed by atoms with E-state index >= 15 is 0 Å². The first-order chi connectivity index (χ1) is 8.22. The predicted octanol–water partition coefficient (Wildman–Crippen LogP) is 1.15. The molecule has 0 saturated heterocycles. The Hall–Kier alpha value is -1.01. The number of amides is 1. The minimum Gasteiger partial charge on any atom is -0.344 e. The van der Waals surface area contributed by atoms with Crippen LogP contribution in [-0.4, -0.2) is 25.0 Å². The maximum Gasteiger partial charge on any atom is 0.237 e. The molecule has 3 heteroatoms. The van der Waals surface area contributed by atoms with Crippen molar-refractivity contribution in [3.8, 4) is 12.3 Å². The van der Waals surface area contributed by atoms with Gasteiger partial charge in [-0.2, -0.15) is 0 Å². The lowest BCUT2D eigenvalue weighted by Crippen LogP contribution is -2.44. The van der Waals surface area contributed by atoms with Crippen molar-refractivity contribution < 1.29 is 4.79 Å². The van der Waals surface area contributed by atoms with Gasteiger partial charge in [-0.05, 0) is 56.9 Å². The van der Waals surface area contributed by atoms with Crippen LogP contribution < -0.4 is 10.6 Å². The summed E-state index contributed by atoms with van der Waals surface area (Å²) < 4.78 is 0. The monoisotopic (exact) mass is 234 g/mol. The second-order valence-electron chi connectivity index (χ2n) is 5.39. The highest BCUT2D eigenvalue weighted by Crippen LogP contribution is 2.48. The highest BCUT2D eigenvalue weighted by molar-refractivity contribution is 5.81. The van der Waals surface area contributed by atoms with Gasteiger partial charge in [0.1, 0.15) is 0 Å². The van der Waals surface area contributed by atoms with Gasteiger partial charge in [0, 0.05) is 0 Å². The summed E-state index contributed by atoms with van der Waals surface area (Å²) in [6, 6.07) is -0.136. The van der Waals surface area contributed by atoms with Crippen LogP contribution in [0.4, 0.5) is 0 Å². The van der Waals surface area contributed by atoms with Crippen LogP contribution in [0.2, 0.25) is 0 Å². The molecule has 2 fully saturated rings. The lowest BCUT2D eigenvalue weighted by atomic mass is 9.97. The average molecular weight is 234 g/mol. The number of nitrogens with one attached hydrogen (secondary N) is 2. The lowest BCUT2D eigenvalue weighted by Gasteiger charge is -2.19. The SMILES string of the molecule is C#CCNC(=O)C(C)NCC(C1CC1)C1CC1. The zero-order chi connectivity index (χ0) is 12.3. The summed E-state index contributed by atoms with van der Waals surface area (Å²) in [5, 5.41) is 6.06. The Morgan fingerprint density at radius 1 is 1.35 bits per heavy atom. The molecule has 94 valence electrons. The molecular weight excluding hydrogens is 212 g/mol. The molecule has 2 aliphatic rings. The largest absolute Gasteiger partial charge is 0.344 e. The van der Waals surface area contributed by atoms with Crippen LogP contribution in [0.15, 0.2) is 0 Å². The molecule has 0 radical (unpaired) electrons. The molecule has 1 atom stereocenters. The third-order valence-electron chi connectivity index (χ3n) is 3.87. The van der Waals surface area contributed by atoms with Crippen LogP contribution in [0, 0.1) is 30.1 Å². The number of hydrogen-bond donors (Lipinski definition) is 2. The van der Waals surface area contributed by atoms with Crippen molar-refractivity contribution in [3.63, 3.8) is 0 Å². The van der Waals surface area contributed by atoms with Crippen LogP contribution in [-0.2, 0) is 4.79 Å². The highest BCUT2D eigenvalue weighted by Gasteiger charge is 2.41. The molecule has 3 nitrogen and oxygen atoms in total. The summed E-state index contributed by atoms with van der Waals surface area (Å²) in [6.07, 6.45) is 10.7. The molecule has 0 aromatic rings. The van der Waals surface area contributed by atoms with Crippen LogP contribution in [0.5, 0.6) is 0 Å². The smallest absolute Gasteiger partial charge is 0.237 e. The maximum absolute atomic E-state index is 11.6. The van der Waals surface area contributed by atoms with Crippen molar-refractivity contribution in [2.45, 2.75) is 38.6 Å². The zero-order valence-electron chi connectivity index (χ0n) is 10.5. The van der Waals surface area contributed by atoms with E-state index in [1.807, 2.05) is 6.92 Å². The van der Waals surface area contributed by atoms with Crippen molar-refractivity contribution in [2.75, 3.05) is 13.1 Å². The van der Waals surface area contributed by atoms with E-state index in [0.29, 0.717) is 6.54 Å². The van der Waals surface area contributed by atoms with E-state index in [2.05, 4.69) is 16.6 Å². The molecule has 0 aromatic heterocycles. The number of carbonyl (C=O) groups is 1. The topological polar surface area (TPSA) is 41.1 Å². The average Bonchev–Trinajstić information content (AvgIpc) is 3.15. The maximum atomic E-state index is 11.6. The Morgan fingerprint density at radius 3 is 2.41 bits per heavy atom. The van der Waals surface area contributed by atoms with E-state index in [9.17, 15) is 4.79 Å². The highest BCUT2D eigenvalue weighted by atomic mass is 16.2. The van der Waals surface area contributed by atoms with Gasteiger partial charge in [0.15, 0.2) is 0 Å². The number of rotatable bonds is 7. The summed E-state index contributed by atoms with van der Waals surface area (Å²) in [6.45, 7) is 3.21. The van der Waals surface area contributed by atoms with Crippen molar-refractivity contribution in [3.05, 3.63) is 0 Å². The lowest BCUT2D eigenvalue weighted by molar-refractivity contribution is -0.122. The van der Waals surface area contributed by atoms with Gasteiger partial charge in [0.05, 0.1) is 12.6 Å². The Balaban J connectivity index is 1.69. The Kier molecular flexibility index (Phi) is 4.06. The van der Waals surface area contributed by atoms with E-state index in [0.717, 1.165) is 24.3 Å². The van der Waals surface area contributed by atoms with Gasteiger partial charge in [-0.15, -0.1) is 6.42 Å². The molecule has 0 bridgehead atoms. The fraction of sp³-hybridized carbons (Fsp3) is 0.786. The van der Waals surface area contributed by atoms with Crippen LogP contribution in [0.25, 0.3) is 0 Å². The Bertz CT molecular complexity index is 301. The Morgan fingerprint density at radius 2 is 1.94 bits per heavy atom. The van der Waals surface area contributed by atoms with E-state index < -0.39 is 0 Å². The molecule has 1 amide bonds. The van der Waals surface area contributed by atoms with Crippen molar-refractivity contribution >= 4 is 5.91 Å². The fourth-order valence-corrected chi connectivity index (χ4v) is 2.46. The van der Waals surface area contributed by atoms with E-state index in [1.165, 1.54) is 25.7 Å². The summed E-state index contributed by atoms with van der Waals surface area (Å²) in [4.78, 5) is 11.6. The summed E-state index contributed by atoms with van der Waals surface area (Å²) in [5.74, 6) is 5.08. The standard InChI is InChI=1S/C14H22N2O/c1-3-8-15-14(17)10(2)16-9-13(11-4-5-11)12-6-7-12/h1,10-13,16H,4-9H2,2H3,(H,15,17). The fourth-order valence-electron chi connectivity index (χ4n) is 2.46. The zero-order valence-corrected chi connectivity index (χ0v) is 10.5. The molecule has 2 aliphatic carbocycles. The van der Waals surface area contributed by atoms with Gasteiger partial charge in [0.2, 0.25) is 5.91 Å². The van der Waals surface area contributed by atoms with Crippen molar-refractivity contribution in [1.29, 1.82) is 0 Å². The molecule has 0 spiro atoms. The molecule has 2 rings (SSSR count).